The number of aromatic amines is 1. The van der Waals surface area contributed by atoms with Crippen LogP contribution in [0.3, 0.4) is 0 Å². The number of aromatic nitrogens is 1. The molecule has 1 aliphatic rings. The number of aliphatic hydroxyl groups is 1. The van der Waals surface area contributed by atoms with Crippen molar-refractivity contribution >= 4 is 16.6 Å². The van der Waals surface area contributed by atoms with Gasteiger partial charge in [-0.05, 0) is 31.4 Å². The maximum Gasteiger partial charge on any atom is 0.139 e. The van der Waals surface area contributed by atoms with E-state index in [4.69, 9.17) is 0 Å². The van der Waals surface area contributed by atoms with Crippen LogP contribution in [0, 0.1) is 11.6 Å². The fourth-order valence-corrected chi connectivity index (χ4v) is 3.93. The SMILES string of the molecule is C[C@H]1c2c(cc(F)c(-c3cccc4cc[nH]c34)c2F)NC(C)(C)[C@@H]1O. The molecule has 0 aliphatic carbocycles. The van der Waals surface area contributed by atoms with E-state index in [9.17, 15) is 9.50 Å². The summed E-state index contributed by atoms with van der Waals surface area (Å²) in [7, 11) is 0. The van der Waals surface area contributed by atoms with Gasteiger partial charge in [0, 0.05) is 28.9 Å². The number of anilines is 1. The zero-order chi connectivity index (χ0) is 17.9. The minimum atomic E-state index is -0.783. The van der Waals surface area contributed by atoms with E-state index in [1.54, 1.807) is 25.3 Å². The third-order valence-electron chi connectivity index (χ3n) is 5.24. The van der Waals surface area contributed by atoms with E-state index >= 15 is 4.39 Å². The molecule has 3 N–H and O–H groups in total. The fraction of sp³-hybridized carbons (Fsp3) is 0.300. The van der Waals surface area contributed by atoms with Crippen molar-refractivity contribution in [3.8, 4) is 11.1 Å². The Morgan fingerprint density at radius 1 is 1.16 bits per heavy atom. The zero-order valence-corrected chi connectivity index (χ0v) is 14.3. The van der Waals surface area contributed by atoms with Crippen LogP contribution in [0.2, 0.25) is 0 Å². The standard InChI is InChI=1S/C20H20F2N2O/c1-10-15-14(24-20(2,3)19(10)25)9-13(21)16(17(15)22)12-6-4-5-11-7-8-23-18(11)12/h4-10,19,23-25H,1-3H3/t10-,19+/m0/s1. The number of hydrogen-bond donors (Lipinski definition) is 3. The maximum atomic E-state index is 15.4. The van der Waals surface area contributed by atoms with Crippen LogP contribution < -0.4 is 5.32 Å². The first-order valence-corrected chi connectivity index (χ1v) is 8.36. The van der Waals surface area contributed by atoms with E-state index in [1.807, 2.05) is 26.0 Å². The number of H-pyrrole nitrogens is 1. The van der Waals surface area contributed by atoms with Crippen LogP contribution in [0.25, 0.3) is 22.0 Å². The van der Waals surface area contributed by atoms with E-state index in [0.29, 0.717) is 22.3 Å². The molecule has 3 aromatic rings. The van der Waals surface area contributed by atoms with E-state index in [2.05, 4.69) is 10.3 Å². The Morgan fingerprint density at radius 2 is 1.92 bits per heavy atom. The molecule has 0 spiro atoms. The minimum Gasteiger partial charge on any atom is -0.390 e. The highest BCUT2D eigenvalue weighted by molar-refractivity contribution is 5.95. The second kappa shape index (κ2) is 5.30. The van der Waals surface area contributed by atoms with Gasteiger partial charge in [0.15, 0.2) is 0 Å². The first kappa shape index (κ1) is 16.1. The van der Waals surface area contributed by atoms with Gasteiger partial charge in [0.25, 0.3) is 0 Å². The largest absolute Gasteiger partial charge is 0.390 e. The monoisotopic (exact) mass is 342 g/mol. The Hall–Kier alpha value is -2.40. The van der Waals surface area contributed by atoms with E-state index in [1.165, 1.54) is 6.07 Å². The Balaban J connectivity index is 2.00. The third-order valence-corrected chi connectivity index (χ3v) is 5.24. The second-order valence-electron chi connectivity index (χ2n) is 7.34. The highest BCUT2D eigenvalue weighted by atomic mass is 19.1. The molecule has 25 heavy (non-hydrogen) atoms. The first-order chi connectivity index (χ1) is 11.8. The number of para-hydroxylation sites is 1. The molecule has 0 fully saturated rings. The number of aliphatic hydroxyl groups excluding tert-OH is 1. The summed E-state index contributed by atoms with van der Waals surface area (Å²) in [4.78, 5) is 3.06. The van der Waals surface area contributed by atoms with Crippen molar-refractivity contribution in [3.63, 3.8) is 0 Å². The molecule has 1 aliphatic heterocycles. The van der Waals surface area contributed by atoms with Crippen molar-refractivity contribution in [2.75, 3.05) is 5.32 Å². The summed E-state index contributed by atoms with van der Waals surface area (Å²) in [5.74, 6) is -1.69. The predicted octanol–water partition coefficient (Wildman–Crippen LogP) is 4.78. The normalized spacial score (nSPS) is 21.8. The Labute approximate surface area is 144 Å². The number of halogens is 2. The number of fused-ring (bicyclic) bond motifs is 2. The van der Waals surface area contributed by atoms with Crippen molar-refractivity contribution in [3.05, 3.63) is 53.7 Å². The molecule has 0 amide bonds. The predicted molar refractivity (Wildman–Crippen MR) is 95.8 cm³/mol. The van der Waals surface area contributed by atoms with E-state index < -0.39 is 29.2 Å². The molecule has 0 unspecified atom stereocenters. The number of rotatable bonds is 1. The van der Waals surface area contributed by atoms with Gasteiger partial charge in [-0.1, -0.05) is 25.1 Å². The summed E-state index contributed by atoms with van der Waals surface area (Å²) in [5.41, 5.74) is 1.18. The second-order valence-corrected chi connectivity index (χ2v) is 7.34. The lowest BCUT2D eigenvalue weighted by atomic mass is 9.78. The van der Waals surface area contributed by atoms with Crippen LogP contribution >= 0.6 is 0 Å². The molecule has 2 aromatic carbocycles. The Morgan fingerprint density at radius 3 is 2.68 bits per heavy atom. The van der Waals surface area contributed by atoms with Crippen molar-refractivity contribution in [2.24, 2.45) is 0 Å². The van der Waals surface area contributed by atoms with Gasteiger partial charge in [-0.2, -0.15) is 0 Å². The van der Waals surface area contributed by atoms with Crippen molar-refractivity contribution in [1.29, 1.82) is 0 Å². The van der Waals surface area contributed by atoms with Crippen LogP contribution in [0.15, 0.2) is 36.5 Å². The van der Waals surface area contributed by atoms with Gasteiger partial charge in [0.05, 0.1) is 22.7 Å². The van der Waals surface area contributed by atoms with Crippen LogP contribution in [0.1, 0.15) is 32.3 Å². The third kappa shape index (κ3) is 2.26. The lowest BCUT2D eigenvalue weighted by Crippen LogP contribution is -2.50. The van der Waals surface area contributed by atoms with Crippen LogP contribution in [-0.4, -0.2) is 21.7 Å². The van der Waals surface area contributed by atoms with Crippen LogP contribution in [0.4, 0.5) is 14.5 Å². The van der Waals surface area contributed by atoms with E-state index in [-0.39, 0.29) is 5.56 Å². The van der Waals surface area contributed by atoms with Gasteiger partial charge in [0.2, 0.25) is 0 Å². The van der Waals surface area contributed by atoms with Gasteiger partial charge in [-0.15, -0.1) is 0 Å². The lowest BCUT2D eigenvalue weighted by molar-refractivity contribution is 0.0854. The molecular weight excluding hydrogens is 322 g/mol. The molecule has 0 saturated carbocycles. The van der Waals surface area contributed by atoms with E-state index in [0.717, 1.165) is 5.39 Å². The molecule has 0 bridgehead atoms. The quantitative estimate of drug-likeness (QED) is 0.596. The lowest BCUT2D eigenvalue weighted by Gasteiger charge is -2.42. The molecule has 5 heteroatoms. The summed E-state index contributed by atoms with van der Waals surface area (Å²) in [5, 5.41) is 14.5. The Bertz CT molecular complexity index is 977. The summed E-state index contributed by atoms with van der Waals surface area (Å²) in [6.07, 6.45) is 0.966. The number of benzene rings is 2. The van der Waals surface area contributed by atoms with Crippen LogP contribution in [0.5, 0.6) is 0 Å². The molecule has 2 heterocycles. The summed E-state index contributed by atoms with van der Waals surface area (Å²) >= 11 is 0. The van der Waals surface area contributed by atoms with Gasteiger partial charge < -0.3 is 15.4 Å². The average molecular weight is 342 g/mol. The zero-order valence-electron chi connectivity index (χ0n) is 14.3. The van der Waals surface area contributed by atoms with Crippen molar-refractivity contribution < 1.29 is 13.9 Å². The summed E-state index contributed by atoms with van der Waals surface area (Å²) in [6.45, 7) is 5.41. The fourth-order valence-electron chi connectivity index (χ4n) is 3.93. The summed E-state index contributed by atoms with van der Waals surface area (Å²) < 4.78 is 30.3. The molecule has 2 atom stereocenters. The van der Waals surface area contributed by atoms with Crippen LogP contribution in [-0.2, 0) is 0 Å². The maximum absolute atomic E-state index is 15.4. The van der Waals surface area contributed by atoms with Gasteiger partial charge in [-0.3, -0.25) is 0 Å². The molecule has 4 rings (SSSR count). The highest BCUT2D eigenvalue weighted by Crippen LogP contribution is 2.44. The smallest absolute Gasteiger partial charge is 0.139 e. The average Bonchev–Trinajstić information content (AvgIpc) is 3.01. The van der Waals surface area contributed by atoms with Gasteiger partial charge in [0.1, 0.15) is 11.6 Å². The first-order valence-electron chi connectivity index (χ1n) is 8.36. The molecule has 1 aromatic heterocycles. The van der Waals surface area contributed by atoms with Gasteiger partial charge >= 0.3 is 0 Å². The molecule has 3 nitrogen and oxygen atoms in total. The minimum absolute atomic E-state index is 0.0626. The highest BCUT2D eigenvalue weighted by Gasteiger charge is 2.41. The van der Waals surface area contributed by atoms with Crippen molar-refractivity contribution in [1.82, 2.24) is 4.98 Å². The molecular formula is C20H20F2N2O. The Kier molecular flexibility index (Phi) is 3.41. The summed E-state index contributed by atoms with van der Waals surface area (Å²) in [6, 6.07) is 8.57. The molecule has 0 saturated heterocycles. The van der Waals surface area contributed by atoms with Crippen molar-refractivity contribution in [2.45, 2.75) is 38.3 Å². The topological polar surface area (TPSA) is 48.0 Å². The molecule has 130 valence electrons. The number of hydrogen-bond acceptors (Lipinski definition) is 2. The van der Waals surface area contributed by atoms with Gasteiger partial charge in [-0.25, -0.2) is 8.78 Å². The molecule has 0 radical (unpaired) electrons. The number of nitrogens with one attached hydrogen (secondary N) is 2.